The van der Waals surface area contributed by atoms with E-state index in [1.165, 1.54) is 19.5 Å². The second-order valence-electron chi connectivity index (χ2n) is 4.87. The van der Waals surface area contributed by atoms with Crippen molar-refractivity contribution in [3.63, 3.8) is 0 Å². The predicted octanol–water partition coefficient (Wildman–Crippen LogP) is 1.13. The van der Waals surface area contributed by atoms with Crippen molar-refractivity contribution in [2.75, 3.05) is 39.4 Å². The van der Waals surface area contributed by atoms with Crippen LogP contribution < -0.4 is 5.32 Å². The van der Waals surface area contributed by atoms with E-state index in [-0.39, 0.29) is 12.4 Å². The molecule has 1 N–H and O–H groups in total. The molecule has 3 nitrogen and oxygen atoms in total. The lowest BCUT2D eigenvalue weighted by Crippen LogP contribution is -2.57. The van der Waals surface area contributed by atoms with Crippen LogP contribution in [0, 0.1) is 5.41 Å². The monoisotopic (exact) mass is 234 g/mol. The van der Waals surface area contributed by atoms with Gasteiger partial charge in [-0.2, -0.15) is 0 Å². The number of rotatable bonds is 3. The lowest BCUT2D eigenvalue weighted by molar-refractivity contribution is -0.132. The van der Waals surface area contributed by atoms with E-state index >= 15 is 0 Å². The van der Waals surface area contributed by atoms with Gasteiger partial charge in [-0.25, -0.2) is 0 Å². The number of nitrogens with zero attached hydrogens (tertiary/aromatic N) is 1. The van der Waals surface area contributed by atoms with Gasteiger partial charge in [-0.15, -0.1) is 12.4 Å². The summed E-state index contributed by atoms with van der Waals surface area (Å²) in [6, 6.07) is 0.688. The quantitative estimate of drug-likeness (QED) is 0.793. The maximum atomic E-state index is 5.36. The zero-order valence-corrected chi connectivity index (χ0v) is 10.6. The van der Waals surface area contributed by atoms with Crippen molar-refractivity contribution >= 4 is 12.4 Å². The van der Waals surface area contributed by atoms with Gasteiger partial charge in [0.25, 0.3) is 0 Å². The molecule has 0 bridgehead atoms. The standard InChI is InChI=1S/C11H22N2O.ClH/c1-3-11(8-14-9-11)7-13-5-4-12-6-10(13)2;/h10,12H,3-9H2,1-2H3;1H/t10-;/m1./s1. The SMILES string of the molecule is CCC1(CN2CCNC[C@H]2C)COC1.Cl. The van der Waals surface area contributed by atoms with Crippen molar-refractivity contribution in [2.24, 2.45) is 5.41 Å². The Hall–Kier alpha value is 0.170. The van der Waals surface area contributed by atoms with Crippen LogP contribution in [-0.2, 0) is 4.74 Å². The summed E-state index contributed by atoms with van der Waals surface area (Å²) in [4.78, 5) is 2.61. The Morgan fingerprint density at radius 1 is 1.47 bits per heavy atom. The maximum absolute atomic E-state index is 5.36. The molecule has 0 aromatic heterocycles. The molecule has 2 aliphatic rings. The molecule has 2 saturated heterocycles. The summed E-state index contributed by atoms with van der Waals surface area (Å²) in [5.74, 6) is 0. The summed E-state index contributed by atoms with van der Waals surface area (Å²) in [6.45, 7) is 11.3. The third-order valence-corrected chi connectivity index (χ3v) is 3.74. The topological polar surface area (TPSA) is 24.5 Å². The number of halogens is 1. The van der Waals surface area contributed by atoms with E-state index in [2.05, 4.69) is 24.1 Å². The Morgan fingerprint density at radius 2 is 2.20 bits per heavy atom. The average Bonchev–Trinajstić information content (AvgIpc) is 2.14. The van der Waals surface area contributed by atoms with E-state index in [4.69, 9.17) is 4.74 Å². The molecule has 2 heterocycles. The van der Waals surface area contributed by atoms with Gasteiger partial charge in [-0.1, -0.05) is 6.92 Å². The van der Waals surface area contributed by atoms with E-state index in [9.17, 15) is 0 Å². The minimum atomic E-state index is 0. The summed E-state index contributed by atoms with van der Waals surface area (Å²) in [7, 11) is 0. The highest BCUT2D eigenvalue weighted by Gasteiger charge is 2.39. The van der Waals surface area contributed by atoms with Crippen molar-refractivity contribution in [3.8, 4) is 0 Å². The molecule has 2 rings (SSSR count). The molecular formula is C11H23ClN2O. The van der Waals surface area contributed by atoms with Gasteiger partial charge in [0.2, 0.25) is 0 Å². The number of hydrogen-bond acceptors (Lipinski definition) is 3. The normalized spacial score (nSPS) is 30.4. The summed E-state index contributed by atoms with van der Waals surface area (Å²) in [5, 5.41) is 3.43. The molecule has 0 aromatic carbocycles. The molecule has 0 aromatic rings. The van der Waals surface area contributed by atoms with Crippen LogP contribution in [-0.4, -0.2) is 50.3 Å². The van der Waals surface area contributed by atoms with Gasteiger partial charge in [0, 0.05) is 37.6 Å². The zero-order chi connectivity index (χ0) is 10.0. The molecule has 0 radical (unpaired) electrons. The molecule has 4 heteroatoms. The largest absolute Gasteiger partial charge is 0.380 e. The lowest BCUT2D eigenvalue weighted by Gasteiger charge is -2.46. The van der Waals surface area contributed by atoms with Gasteiger partial charge in [0.05, 0.1) is 13.2 Å². The highest BCUT2D eigenvalue weighted by atomic mass is 35.5. The van der Waals surface area contributed by atoms with Crippen LogP contribution in [0.1, 0.15) is 20.3 Å². The Morgan fingerprint density at radius 3 is 2.67 bits per heavy atom. The Bertz CT molecular complexity index is 192. The number of hydrogen-bond donors (Lipinski definition) is 1. The van der Waals surface area contributed by atoms with Crippen LogP contribution in [0.25, 0.3) is 0 Å². The van der Waals surface area contributed by atoms with Crippen molar-refractivity contribution in [3.05, 3.63) is 0 Å². The van der Waals surface area contributed by atoms with Crippen LogP contribution in [0.5, 0.6) is 0 Å². The molecule has 0 spiro atoms. The molecule has 0 aliphatic carbocycles. The minimum Gasteiger partial charge on any atom is -0.380 e. The predicted molar refractivity (Wildman–Crippen MR) is 64.7 cm³/mol. The summed E-state index contributed by atoms with van der Waals surface area (Å²) < 4.78 is 5.36. The van der Waals surface area contributed by atoms with E-state index in [1.54, 1.807) is 0 Å². The van der Waals surface area contributed by atoms with Gasteiger partial charge in [0.15, 0.2) is 0 Å². The number of ether oxygens (including phenoxy) is 1. The summed E-state index contributed by atoms with van der Waals surface area (Å²) >= 11 is 0. The Kier molecular flexibility index (Phi) is 4.84. The molecule has 2 fully saturated rings. The number of piperazine rings is 1. The molecule has 1 atom stereocenters. The summed E-state index contributed by atoms with van der Waals surface area (Å²) in [6.07, 6.45) is 1.25. The van der Waals surface area contributed by atoms with Crippen LogP contribution in [0.2, 0.25) is 0 Å². The van der Waals surface area contributed by atoms with Crippen LogP contribution in [0.3, 0.4) is 0 Å². The fourth-order valence-corrected chi connectivity index (χ4v) is 2.35. The molecule has 90 valence electrons. The molecule has 0 saturated carbocycles. The fourth-order valence-electron chi connectivity index (χ4n) is 2.35. The minimum absolute atomic E-state index is 0. The molecule has 15 heavy (non-hydrogen) atoms. The fraction of sp³-hybridized carbons (Fsp3) is 1.00. The molecule has 0 unspecified atom stereocenters. The third-order valence-electron chi connectivity index (χ3n) is 3.74. The highest BCUT2D eigenvalue weighted by Crippen LogP contribution is 2.32. The van der Waals surface area contributed by atoms with Crippen LogP contribution in [0.15, 0.2) is 0 Å². The Balaban J connectivity index is 0.00000112. The summed E-state index contributed by atoms with van der Waals surface area (Å²) in [5.41, 5.74) is 0.478. The smallest absolute Gasteiger partial charge is 0.0557 e. The van der Waals surface area contributed by atoms with Crippen molar-refractivity contribution < 1.29 is 4.74 Å². The first-order valence-electron chi connectivity index (χ1n) is 5.78. The lowest BCUT2D eigenvalue weighted by atomic mass is 9.82. The second-order valence-corrected chi connectivity index (χ2v) is 4.87. The van der Waals surface area contributed by atoms with Gasteiger partial charge in [-0.3, -0.25) is 4.90 Å². The first-order chi connectivity index (χ1) is 6.76. The highest BCUT2D eigenvalue weighted by molar-refractivity contribution is 5.85. The van der Waals surface area contributed by atoms with Crippen molar-refractivity contribution in [1.82, 2.24) is 10.2 Å². The Labute approximate surface area is 99.0 Å². The van der Waals surface area contributed by atoms with E-state index in [0.717, 1.165) is 26.3 Å². The van der Waals surface area contributed by atoms with Gasteiger partial charge >= 0.3 is 0 Å². The van der Waals surface area contributed by atoms with Crippen LogP contribution >= 0.6 is 12.4 Å². The van der Waals surface area contributed by atoms with Gasteiger partial charge in [0.1, 0.15) is 0 Å². The third kappa shape index (κ3) is 2.84. The number of nitrogens with one attached hydrogen (secondary N) is 1. The van der Waals surface area contributed by atoms with Crippen LogP contribution in [0.4, 0.5) is 0 Å². The molecular weight excluding hydrogens is 212 g/mol. The van der Waals surface area contributed by atoms with E-state index < -0.39 is 0 Å². The van der Waals surface area contributed by atoms with Crippen molar-refractivity contribution in [1.29, 1.82) is 0 Å². The van der Waals surface area contributed by atoms with E-state index in [1.807, 2.05) is 0 Å². The van der Waals surface area contributed by atoms with Crippen molar-refractivity contribution in [2.45, 2.75) is 26.3 Å². The second kappa shape index (κ2) is 5.48. The maximum Gasteiger partial charge on any atom is 0.0557 e. The first-order valence-corrected chi connectivity index (χ1v) is 5.78. The van der Waals surface area contributed by atoms with Gasteiger partial charge in [-0.05, 0) is 13.3 Å². The average molecular weight is 235 g/mol. The van der Waals surface area contributed by atoms with Gasteiger partial charge < -0.3 is 10.1 Å². The zero-order valence-electron chi connectivity index (χ0n) is 9.79. The van der Waals surface area contributed by atoms with E-state index in [0.29, 0.717) is 11.5 Å². The first kappa shape index (κ1) is 13.2. The molecule has 2 aliphatic heterocycles. The molecule has 0 amide bonds.